The fraction of sp³-hybridized carbons (Fsp3) is 0.442. The van der Waals surface area contributed by atoms with Crippen molar-refractivity contribution in [3.05, 3.63) is 229 Å². The first kappa shape index (κ1) is 106. The maximum absolute atomic E-state index is 12.1. The molecule has 1 N–H and O–H groups in total. The van der Waals surface area contributed by atoms with Crippen molar-refractivity contribution in [1.82, 2.24) is 0 Å². The molecule has 0 saturated heterocycles. The molecule has 0 fully saturated rings. The molecule has 0 spiro atoms. The van der Waals surface area contributed by atoms with Crippen LogP contribution in [-0.2, 0) is 82.4 Å². The predicted molar refractivity (Wildman–Crippen MR) is 452 cm³/mol. The first-order chi connectivity index (χ1) is 54.6. The van der Waals surface area contributed by atoms with E-state index in [-0.39, 0.29) is 166 Å². The van der Waals surface area contributed by atoms with Gasteiger partial charge < -0.3 is 47.0 Å². The zero-order valence-corrected chi connectivity index (χ0v) is 85.5. The third-order valence-corrected chi connectivity index (χ3v) is 28.5. The van der Waals surface area contributed by atoms with Crippen LogP contribution in [0.4, 0.5) is 22.7 Å². The summed E-state index contributed by atoms with van der Waals surface area (Å²) in [4.78, 5) is 4.80. The summed E-state index contributed by atoms with van der Waals surface area (Å²) in [5.74, 6) is 0.00459. The van der Waals surface area contributed by atoms with Crippen molar-refractivity contribution in [2.75, 3.05) is 71.3 Å². The van der Waals surface area contributed by atoms with Gasteiger partial charge in [0, 0.05) is 129 Å². The summed E-state index contributed by atoms with van der Waals surface area (Å²) in [5, 5.41) is 9.90. The Morgan fingerprint density at radius 3 is 1.23 bits per heavy atom. The van der Waals surface area contributed by atoms with Gasteiger partial charge in [-0.3, -0.25) is 0 Å². The van der Waals surface area contributed by atoms with Crippen LogP contribution in [0.3, 0.4) is 0 Å². The SMILES string of the molecule is Cc1ccc2c(c1)C(C)(C)C(=CC=C1CCCC(C=CC3=[N+](CCCCS(=O)(=O)[O-])c4ccc(S(=O)(=O)[O-])cc4C3(C)C)=C1Oc1ccccc1)N2CCCCS(=O)(=O)[O-].Cc1ccc2c(c1)C(C)(C)C(=CC=C1CCCC(C=CC3=[N+](CCCCS(=O)(=O)[O-])c4ccc(S(=O)(=O)[O-])cc4C3(C)C)=C1SCCO)N2CCCCS(=O)(=O)[O-].[Na+].[Na+].[Na+].[Na+]. The van der Waals surface area contributed by atoms with Gasteiger partial charge >= 0.3 is 118 Å². The molecule has 0 bridgehead atoms. The van der Waals surface area contributed by atoms with E-state index >= 15 is 0 Å². The van der Waals surface area contributed by atoms with E-state index in [4.69, 9.17) is 4.74 Å². The predicted octanol–water partition coefficient (Wildman–Crippen LogP) is 1.88. The summed E-state index contributed by atoms with van der Waals surface area (Å²) in [6.07, 6.45) is 23.8. The number of aliphatic hydroxyl groups is 1. The first-order valence-corrected chi connectivity index (χ1v) is 49.4. The van der Waals surface area contributed by atoms with Gasteiger partial charge in [0.25, 0.3) is 0 Å². The number of fused-ring (bicyclic) bond motifs is 4. The molecule has 11 rings (SSSR count). The van der Waals surface area contributed by atoms with Crippen molar-refractivity contribution < 1.29 is 215 Å². The van der Waals surface area contributed by atoms with E-state index in [1.807, 2.05) is 85.4 Å². The Labute approximate surface area is 809 Å². The molecule has 0 amide bonds. The van der Waals surface area contributed by atoms with E-state index in [0.717, 1.165) is 116 Å². The van der Waals surface area contributed by atoms with Crippen LogP contribution in [0.5, 0.6) is 5.75 Å². The zero-order chi connectivity index (χ0) is 85.7. The van der Waals surface area contributed by atoms with Crippen LogP contribution in [0, 0.1) is 13.8 Å². The van der Waals surface area contributed by atoms with E-state index in [2.05, 4.69) is 118 Å². The number of aryl methyl sites for hydroxylation is 2. The van der Waals surface area contributed by atoms with E-state index in [0.29, 0.717) is 98.0 Å². The molecule has 0 radical (unpaired) electrons. The molecule has 0 atom stereocenters. The van der Waals surface area contributed by atoms with E-state index in [9.17, 15) is 82.9 Å². The number of unbranched alkanes of at least 4 members (excludes halogenated alkanes) is 4. The standard InChI is InChI=1S/C45H54N2O10S3.C41H54N2O10S4.4Na/c1-32-18-22-39-37(30-32)44(2,3)41(46(39)26-9-11-28-58(48,49)50)24-19-33-14-13-15-34(43(33)57-35-16-7-6-8-17-35)20-25-42-45(4,5)38-31-36(60(54,55)56)21-23-40(38)47(42)27-10-12-29-59(51,52)53;1-29-13-17-35-33(27-29)40(2,3)37(42(35)21-6-8-25-55(45,46)47)19-14-30-11-10-12-31(39(30)54-24-23-44)15-20-38-41(4,5)34-28-32(57(51,52)53)16-18-36(34)43(38)22-7-9-26-56(48,49)50;;;;/h6-8,16-25,30-31H,9-15,26-29H2,1-5H3,(H2-,48,49,50,51,52,53,54,55,56);13-20,27-28,44H,6-12,21-26H2,1-5H3,(H2-,45,46,47,48,49,50,51,52,53);;;;/q;;4*+1/p-4. The van der Waals surface area contributed by atoms with Gasteiger partial charge in [-0.15, -0.1) is 11.8 Å². The minimum Gasteiger partial charge on any atom is -0.748 e. The molecule has 0 unspecified atom stereocenters. The number of rotatable bonds is 33. The number of nitrogens with zero attached hydrogens (tertiary/aromatic N) is 4. The van der Waals surface area contributed by atoms with Crippen molar-refractivity contribution >= 4 is 107 Å². The monoisotopic (exact) mass is 1830 g/mol. The minimum atomic E-state index is -4.74. The topological polar surface area (TPSA) is 385 Å². The summed E-state index contributed by atoms with van der Waals surface area (Å²) in [6.45, 7) is 22.3. The third-order valence-electron chi connectivity index (χ3n) is 22.5. The second-order valence-corrected chi connectivity index (χ2v) is 42.6. The van der Waals surface area contributed by atoms with Gasteiger partial charge in [0.05, 0.1) is 67.7 Å². The Kier molecular flexibility index (Phi) is 38.4. The molecule has 4 heterocycles. The molecule has 6 aliphatic rings. The van der Waals surface area contributed by atoms with Gasteiger partial charge in [0.2, 0.25) is 11.4 Å². The van der Waals surface area contributed by atoms with E-state index in [1.54, 1.807) is 23.9 Å². The van der Waals surface area contributed by atoms with Gasteiger partial charge in [-0.25, -0.2) is 50.5 Å². The largest absolute Gasteiger partial charge is 1.00 e. The maximum Gasteiger partial charge on any atom is 1.00 e. The van der Waals surface area contributed by atoms with Gasteiger partial charge in [-0.1, -0.05) is 99.5 Å². The molecule has 634 valence electrons. The third kappa shape index (κ3) is 27.3. The Morgan fingerprint density at radius 2 is 0.826 bits per heavy atom. The summed E-state index contributed by atoms with van der Waals surface area (Å²) < 4.78 is 219. The molecular weight excluding hydrogens is 1730 g/mol. The maximum atomic E-state index is 12.1. The van der Waals surface area contributed by atoms with Crippen LogP contribution in [0.1, 0.15) is 179 Å². The molecule has 0 aromatic heterocycles. The Balaban J connectivity index is 0.000000363. The Hall–Kier alpha value is -3.47. The summed E-state index contributed by atoms with van der Waals surface area (Å²) in [7, 11) is -26.9. The average molecular weight is 1830 g/mol. The van der Waals surface area contributed by atoms with Crippen LogP contribution in [0.2, 0.25) is 0 Å². The summed E-state index contributed by atoms with van der Waals surface area (Å²) in [6, 6.07) is 30.7. The Morgan fingerprint density at radius 1 is 0.438 bits per heavy atom. The van der Waals surface area contributed by atoms with Crippen LogP contribution >= 0.6 is 11.8 Å². The molecule has 0 saturated carbocycles. The summed E-state index contributed by atoms with van der Waals surface area (Å²) >= 11 is 1.57. The molecule has 4 aliphatic heterocycles. The fourth-order valence-corrected chi connectivity index (χ4v) is 20.8. The molecular formula is C86H104N4Na4O20S7. The molecule has 5 aromatic carbocycles. The second-order valence-electron chi connectivity index (χ2n) is 32.6. The van der Waals surface area contributed by atoms with Crippen molar-refractivity contribution in [2.45, 2.75) is 191 Å². The smallest absolute Gasteiger partial charge is 0.748 e. The number of allylic oxidation sites excluding steroid dienone is 14. The van der Waals surface area contributed by atoms with Crippen molar-refractivity contribution in [3.63, 3.8) is 0 Å². The quantitative estimate of drug-likeness (QED) is 0.0271. The van der Waals surface area contributed by atoms with Crippen LogP contribution in [0.25, 0.3) is 0 Å². The Bertz CT molecular complexity index is 5740. The van der Waals surface area contributed by atoms with Gasteiger partial charge in [-0.05, 0) is 219 Å². The number of para-hydroxylation sites is 1. The number of ether oxygens (including phenoxy) is 1. The second kappa shape index (κ2) is 43.8. The van der Waals surface area contributed by atoms with E-state index in [1.165, 1.54) is 24.3 Å². The van der Waals surface area contributed by atoms with Crippen LogP contribution in [0.15, 0.2) is 206 Å². The number of hydrogen-bond acceptors (Lipinski definition) is 23. The molecule has 2 aliphatic carbocycles. The summed E-state index contributed by atoms with van der Waals surface area (Å²) in [5.41, 5.74) is 14.8. The van der Waals surface area contributed by atoms with Crippen LogP contribution < -0.4 is 133 Å². The number of thioether (sulfide) groups is 1. The van der Waals surface area contributed by atoms with Gasteiger partial charge in [-0.2, -0.15) is 9.15 Å². The molecule has 5 aromatic rings. The molecule has 121 heavy (non-hydrogen) atoms. The first-order valence-electron chi connectivity index (χ1n) is 39.3. The molecule has 24 nitrogen and oxygen atoms in total. The normalized spacial score (nSPS) is 18.8. The number of hydrogen-bond donors (Lipinski definition) is 1. The van der Waals surface area contributed by atoms with Crippen LogP contribution in [-0.4, -0.2) is 165 Å². The number of anilines is 2. The fourth-order valence-electron chi connectivity index (χ4n) is 16.6. The number of benzene rings is 5. The number of aliphatic hydroxyl groups excluding tert-OH is 1. The van der Waals surface area contributed by atoms with Crippen molar-refractivity contribution in [3.8, 4) is 5.75 Å². The zero-order valence-electron chi connectivity index (χ0n) is 71.8. The van der Waals surface area contributed by atoms with Gasteiger partial charge in [0.1, 0.15) is 44.8 Å². The van der Waals surface area contributed by atoms with Crippen molar-refractivity contribution in [2.24, 2.45) is 0 Å². The van der Waals surface area contributed by atoms with Crippen molar-refractivity contribution in [1.29, 1.82) is 0 Å². The molecule has 35 heteroatoms. The van der Waals surface area contributed by atoms with Gasteiger partial charge in [0.15, 0.2) is 11.4 Å². The minimum absolute atomic E-state index is 0. The average Bonchev–Trinajstić information content (AvgIpc) is 1.63. The van der Waals surface area contributed by atoms with E-state index < -0.39 is 100.0 Å².